The Bertz CT molecular complexity index is 1100. The third-order valence-corrected chi connectivity index (χ3v) is 6.66. The molecule has 0 radical (unpaired) electrons. The summed E-state index contributed by atoms with van der Waals surface area (Å²) < 4.78 is 2.34. The highest BCUT2D eigenvalue weighted by atomic mass is 16.2. The van der Waals surface area contributed by atoms with Gasteiger partial charge in [0.15, 0.2) is 0 Å². The SMILES string of the molecule is CCC(=O)N1c2ccccc2[C@H](Nc2ccc(Cc3cnc4n3CCNC4)cc2)C[C@@H]1C. The van der Waals surface area contributed by atoms with Gasteiger partial charge in [-0.2, -0.15) is 0 Å². The average molecular weight is 430 g/mol. The molecular formula is C26H31N5O. The van der Waals surface area contributed by atoms with E-state index in [2.05, 4.69) is 69.6 Å². The van der Waals surface area contributed by atoms with Gasteiger partial charge in [-0.25, -0.2) is 4.98 Å². The zero-order valence-electron chi connectivity index (χ0n) is 18.8. The lowest BCUT2D eigenvalue weighted by Gasteiger charge is -2.40. The Hall–Kier alpha value is -3.12. The van der Waals surface area contributed by atoms with Crippen LogP contribution in [-0.2, 0) is 24.3 Å². The minimum absolute atomic E-state index is 0.164. The molecule has 166 valence electrons. The number of para-hydroxylation sites is 1. The van der Waals surface area contributed by atoms with Crippen LogP contribution < -0.4 is 15.5 Å². The van der Waals surface area contributed by atoms with Crippen LogP contribution in [0, 0.1) is 0 Å². The fourth-order valence-corrected chi connectivity index (χ4v) is 5.03. The van der Waals surface area contributed by atoms with Gasteiger partial charge in [-0.3, -0.25) is 4.79 Å². The van der Waals surface area contributed by atoms with Gasteiger partial charge in [0.05, 0.1) is 12.6 Å². The number of carbonyl (C=O) groups excluding carboxylic acids is 1. The molecule has 2 atom stereocenters. The normalized spacial score (nSPS) is 19.9. The van der Waals surface area contributed by atoms with E-state index in [1.807, 2.05) is 24.1 Å². The molecule has 2 aromatic carbocycles. The molecule has 6 nitrogen and oxygen atoms in total. The van der Waals surface area contributed by atoms with Crippen molar-refractivity contribution in [2.75, 3.05) is 16.8 Å². The highest BCUT2D eigenvalue weighted by Gasteiger charge is 2.32. The van der Waals surface area contributed by atoms with Crippen LogP contribution >= 0.6 is 0 Å². The monoisotopic (exact) mass is 429 g/mol. The second kappa shape index (κ2) is 8.79. The number of carbonyl (C=O) groups is 1. The van der Waals surface area contributed by atoms with Crippen molar-refractivity contribution >= 4 is 17.3 Å². The zero-order valence-corrected chi connectivity index (χ0v) is 18.8. The molecule has 1 aromatic heterocycles. The number of aromatic nitrogens is 2. The molecule has 0 bridgehead atoms. The van der Waals surface area contributed by atoms with Crippen molar-refractivity contribution in [1.29, 1.82) is 0 Å². The van der Waals surface area contributed by atoms with E-state index < -0.39 is 0 Å². The maximum absolute atomic E-state index is 12.6. The lowest BCUT2D eigenvalue weighted by molar-refractivity contribution is -0.118. The van der Waals surface area contributed by atoms with Crippen LogP contribution in [0.25, 0.3) is 0 Å². The van der Waals surface area contributed by atoms with Gasteiger partial charge in [0.1, 0.15) is 5.82 Å². The van der Waals surface area contributed by atoms with E-state index in [1.54, 1.807) is 0 Å². The summed E-state index contributed by atoms with van der Waals surface area (Å²) in [6.07, 6.45) is 4.32. The number of nitrogens with one attached hydrogen (secondary N) is 2. The highest BCUT2D eigenvalue weighted by molar-refractivity contribution is 5.95. The molecule has 2 aliphatic rings. The Morgan fingerprint density at radius 1 is 1.19 bits per heavy atom. The number of fused-ring (bicyclic) bond motifs is 2. The number of anilines is 2. The molecule has 0 saturated heterocycles. The van der Waals surface area contributed by atoms with E-state index in [0.29, 0.717) is 6.42 Å². The Morgan fingerprint density at radius 2 is 2.00 bits per heavy atom. The van der Waals surface area contributed by atoms with E-state index >= 15 is 0 Å². The Labute approximate surface area is 189 Å². The van der Waals surface area contributed by atoms with Gasteiger partial charge in [0.25, 0.3) is 0 Å². The van der Waals surface area contributed by atoms with Crippen molar-refractivity contribution in [2.24, 2.45) is 0 Å². The quantitative estimate of drug-likeness (QED) is 0.636. The molecule has 0 fully saturated rings. The summed E-state index contributed by atoms with van der Waals surface area (Å²) in [5.74, 6) is 1.32. The molecule has 3 aromatic rings. The number of imidazole rings is 1. The van der Waals surface area contributed by atoms with Crippen LogP contribution in [0.2, 0.25) is 0 Å². The Kier molecular flexibility index (Phi) is 5.70. The number of hydrogen-bond donors (Lipinski definition) is 2. The molecule has 32 heavy (non-hydrogen) atoms. The number of nitrogens with zero attached hydrogens (tertiary/aromatic N) is 3. The van der Waals surface area contributed by atoms with Gasteiger partial charge < -0.3 is 20.1 Å². The van der Waals surface area contributed by atoms with Gasteiger partial charge in [0, 0.05) is 55.2 Å². The molecule has 1 amide bonds. The summed E-state index contributed by atoms with van der Waals surface area (Å²) in [7, 11) is 0. The first-order valence-electron chi connectivity index (χ1n) is 11.6. The standard InChI is InChI=1S/C26H31N5O/c1-3-26(32)31-18(2)14-23(22-6-4-5-7-24(22)31)29-20-10-8-19(9-11-20)15-21-16-28-25-17-27-12-13-30(21)25/h4-11,16,18,23,27,29H,3,12-15,17H2,1-2H3/t18-,23+/m0/s1. The van der Waals surface area contributed by atoms with E-state index in [9.17, 15) is 4.79 Å². The molecule has 5 rings (SSSR count). The maximum Gasteiger partial charge on any atom is 0.226 e. The lowest BCUT2D eigenvalue weighted by atomic mass is 9.91. The van der Waals surface area contributed by atoms with Gasteiger partial charge >= 0.3 is 0 Å². The van der Waals surface area contributed by atoms with Crippen molar-refractivity contribution in [3.8, 4) is 0 Å². The Morgan fingerprint density at radius 3 is 2.81 bits per heavy atom. The molecular weight excluding hydrogens is 398 g/mol. The van der Waals surface area contributed by atoms with Crippen LogP contribution in [0.1, 0.15) is 55.4 Å². The minimum atomic E-state index is 0.164. The Balaban J connectivity index is 1.32. The van der Waals surface area contributed by atoms with E-state index in [4.69, 9.17) is 0 Å². The second-order valence-electron chi connectivity index (χ2n) is 8.83. The fraction of sp³-hybridized carbons (Fsp3) is 0.385. The summed E-state index contributed by atoms with van der Waals surface area (Å²) in [6, 6.07) is 17.4. The number of rotatable bonds is 5. The summed E-state index contributed by atoms with van der Waals surface area (Å²) in [5, 5.41) is 7.09. The highest BCUT2D eigenvalue weighted by Crippen LogP contribution is 2.39. The molecule has 2 N–H and O–H groups in total. The van der Waals surface area contributed by atoms with E-state index in [0.717, 1.165) is 49.7 Å². The summed E-state index contributed by atoms with van der Waals surface area (Å²) in [6.45, 7) is 6.91. The van der Waals surface area contributed by atoms with Crippen molar-refractivity contribution in [3.05, 3.63) is 77.4 Å². The predicted molar refractivity (Wildman–Crippen MR) is 128 cm³/mol. The van der Waals surface area contributed by atoms with Crippen LogP contribution in [0.4, 0.5) is 11.4 Å². The molecule has 0 unspecified atom stereocenters. The molecule has 0 saturated carbocycles. The first-order chi connectivity index (χ1) is 15.6. The number of hydrogen-bond acceptors (Lipinski definition) is 4. The lowest BCUT2D eigenvalue weighted by Crippen LogP contribution is -2.44. The van der Waals surface area contributed by atoms with Crippen molar-refractivity contribution < 1.29 is 4.79 Å². The second-order valence-corrected chi connectivity index (χ2v) is 8.83. The average Bonchev–Trinajstić information content (AvgIpc) is 3.23. The maximum atomic E-state index is 12.6. The molecule has 0 spiro atoms. The fourth-order valence-electron chi connectivity index (χ4n) is 5.03. The first-order valence-corrected chi connectivity index (χ1v) is 11.6. The van der Waals surface area contributed by atoms with E-state index in [-0.39, 0.29) is 18.0 Å². The molecule has 3 heterocycles. The van der Waals surface area contributed by atoms with Gasteiger partial charge in [0.2, 0.25) is 5.91 Å². The minimum Gasteiger partial charge on any atom is -0.378 e. The molecule has 0 aliphatic carbocycles. The van der Waals surface area contributed by atoms with Crippen LogP contribution in [0.5, 0.6) is 0 Å². The topological polar surface area (TPSA) is 62.2 Å². The van der Waals surface area contributed by atoms with E-state index in [1.165, 1.54) is 16.8 Å². The molecule has 6 heteroatoms. The number of amides is 1. The van der Waals surface area contributed by atoms with Gasteiger partial charge in [-0.05, 0) is 42.7 Å². The largest absolute Gasteiger partial charge is 0.378 e. The van der Waals surface area contributed by atoms with Gasteiger partial charge in [-0.15, -0.1) is 0 Å². The zero-order chi connectivity index (χ0) is 22.1. The smallest absolute Gasteiger partial charge is 0.226 e. The van der Waals surface area contributed by atoms with Crippen LogP contribution in [0.15, 0.2) is 54.7 Å². The predicted octanol–water partition coefficient (Wildman–Crippen LogP) is 4.27. The van der Waals surface area contributed by atoms with Crippen molar-refractivity contribution in [2.45, 2.75) is 58.3 Å². The first kappa shape index (κ1) is 20.8. The van der Waals surface area contributed by atoms with Crippen molar-refractivity contribution in [1.82, 2.24) is 14.9 Å². The van der Waals surface area contributed by atoms with Crippen molar-refractivity contribution in [3.63, 3.8) is 0 Å². The summed E-state index contributed by atoms with van der Waals surface area (Å²) >= 11 is 0. The number of benzene rings is 2. The third kappa shape index (κ3) is 3.91. The van der Waals surface area contributed by atoms with Gasteiger partial charge in [-0.1, -0.05) is 37.3 Å². The third-order valence-electron chi connectivity index (χ3n) is 6.66. The summed E-state index contributed by atoms with van der Waals surface area (Å²) in [5.41, 5.74) is 5.89. The summed E-state index contributed by atoms with van der Waals surface area (Å²) in [4.78, 5) is 19.1. The van der Waals surface area contributed by atoms with Crippen LogP contribution in [-0.4, -0.2) is 28.0 Å². The van der Waals surface area contributed by atoms with Crippen LogP contribution in [0.3, 0.4) is 0 Å². The molecule has 2 aliphatic heterocycles.